The average Bonchev–Trinajstić information content (AvgIpc) is 2.15. The molecular formula is C12H17FN2O. The molecule has 0 amide bonds. The monoisotopic (exact) mass is 224 g/mol. The molecule has 0 saturated carbocycles. The molecule has 88 valence electrons. The second-order valence-electron chi connectivity index (χ2n) is 4.54. The van der Waals surface area contributed by atoms with Crippen molar-refractivity contribution in [1.29, 1.82) is 0 Å². The van der Waals surface area contributed by atoms with Gasteiger partial charge >= 0.3 is 0 Å². The minimum Gasteiger partial charge on any atom is -0.399 e. The molecule has 0 heterocycles. The Morgan fingerprint density at radius 3 is 2.38 bits per heavy atom. The number of aldehydes is 1. The Morgan fingerprint density at radius 1 is 1.38 bits per heavy atom. The molecule has 3 nitrogen and oxygen atoms in total. The zero-order valence-corrected chi connectivity index (χ0v) is 10.0. The summed E-state index contributed by atoms with van der Waals surface area (Å²) in [6.45, 7) is 3.71. The molecule has 0 spiro atoms. The standard InChI is InChI=1S/C12H17FN2O/c1-12(2,15(3)4)11-8(7-16)5-9(14)6-10(11)13/h5-7H,14H2,1-4H3. The Kier molecular flexibility index (Phi) is 3.33. The molecule has 0 saturated heterocycles. The predicted molar refractivity (Wildman–Crippen MR) is 62.9 cm³/mol. The summed E-state index contributed by atoms with van der Waals surface area (Å²) in [4.78, 5) is 12.8. The van der Waals surface area contributed by atoms with Crippen LogP contribution in [0.4, 0.5) is 10.1 Å². The SMILES string of the molecule is CN(C)C(C)(C)c1c(F)cc(N)cc1C=O. The molecule has 0 aliphatic rings. The summed E-state index contributed by atoms with van der Waals surface area (Å²) in [5.41, 5.74) is 5.89. The third kappa shape index (κ3) is 2.07. The lowest BCUT2D eigenvalue weighted by Crippen LogP contribution is -2.37. The van der Waals surface area contributed by atoms with E-state index in [-0.39, 0.29) is 5.69 Å². The van der Waals surface area contributed by atoms with Crippen LogP contribution in [0.2, 0.25) is 0 Å². The first-order valence-corrected chi connectivity index (χ1v) is 5.02. The fraction of sp³-hybridized carbons (Fsp3) is 0.417. The molecule has 0 radical (unpaired) electrons. The molecule has 0 atom stereocenters. The Morgan fingerprint density at radius 2 is 1.94 bits per heavy atom. The summed E-state index contributed by atoms with van der Waals surface area (Å²) in [6.07, 6.45) is 0.639. The number of hydrogen-bond acceptors (Lipinski definition) is 3. The summed E-state index contributed by atoms with van der Waals surface area (Å²) in [5.74, 6) is -0.444. The first-order chi connectivity index (χ1) is 7.30. The van der Waals surface area contributed by atoms with Gasteiger partial charge in [0.05, 0.1) is 0 Å². The molecule has 1 aromatic rings. The molecule has 1 rings (SSSR count). The first kappa shape index (κ1) is 12.6. The van der Waals surface area contributed by atoms with Gasteiger partial charge in [-0.1, -0.05) is 0 Å². The van der Waals surface area contributed by atoms with Crippen LogP contribution in [0, 0.1) is 5.82 Å². The van der Waals surface area contributed by atoms with Crippen molar-refractivity contribution in [2.24, 2.45) is 0 Å². The lowest BCUT2D eigenvalue weighted by atomic mass is 9.88. The van der Waals surface area contributed by atoms with E-state index in [9.17, 15) is 9.18 Å². The fourth-order valence-corrected chi connectivity index (χ4v) is 1.61. The smallest absolute Gasteiger partial charge is 0.150 e. The molecule has 1 aromatic carbocycles. The number of nitrogen functional groups attached to an aromatic ring is 1. The molecule has 0 unspecified atom stereocenters. The zero-order chi connectivity index (χ0) is 12.5. The number of carbonyl (C=O) groups excluding carboxylic acids is 1. The molecule has 0 aliphatic heterocycles. The molecule has 2 N–H and O–H groups in total. The zero-order valence-electron chi connectivity index (χ0n) is 10.0. The Balaban J connectivity index is 3.49. The van der Waals surface area contributed by atoms with Crippen LogP contribution in [0.3, 0.4) is 0 Å². The van der Waals surface area contributed by atoms with Crippen molar-refractivity contribution in [3.63, 3.8) is 0 Å². The summed E-state index contributed by atoms with van der Waals surface area (Å²) < 4.78 is 13.9. The number of carbonyl (C=O) groups is 1. The van der Waals surface area contributed by atoms with Gasteiger partial charge in [0.15, 0.2) is 6.29 Å². The number of nitrogens with two attached hydrogens (primary N) is 1. The number of halogens is 1. The highest BCUT2D eigenvalue weighted by atomic mass is 19.1. The Bertz CT molecular complexity index is 414. The fourth-order valence-electron chi connectivity index (χ4n) is 1.61. The Labute approximate surface area is 95.0 Å². The molecule has 16 heavy (non-hydrogen) atoms. The molecule has 4 heteroatoms. The number of anilines is 1. The second kappa shape index (κ2) is 4.22. The number of hydrogen-bond donors (Lipinski definition) is 1. The second-order valence-corrected chi connectivity index (χ2v) is 4.54. The quantitative estimate of drug-likeness (QED) is 0.631. The van der Waals surface area contributed by atoms with Crippen LogP contribution in [0.15, 0.2) is 12.1 Å². The van der Waals surface area contributed by atoms with E-state index in [1.54, 1.807) is 0 Å². The van der Waals surface area contributed by atoms with E-state index < -0.39 is 11.4 Å². The highest BCUT2D eigenvalue weighted by Gasteiger charge is 2.29. The van der Waals surface area contributed by atoms with Crippen LogP contribution >= 0.6 is 0 Å². The average molecular weight is 224 g/mol. The van der Waals surface area contributed by atoms with E-state index in [4.69, 9.17) is 5.73 Å². The van der Waals surface area contributed by atoms with Gasteiger partial charge in [-0.15, -0.1) is 0 Å². The third-order valence-electron chi connectivity index (χ3n) is 3.00. The van der Waals surface area contributed by atoms with Crippen molar-refractivity contribution in [1.82, 2.24) is 4.90 Å². The summed E-state index contributed by atoms with van der Waals surface area (Å²) in [7, 11) is 3.68. The van der Waals surface area contributed by atoms with Crippen molar-refractivity contribution in [3.05, 3.63) is 29.1 Å². The normalized spacial score (nSPS) is 11.9. The van der Waals surface area contributed by atoms with Crippen LogP contribution < -0.4 is 5.73 Å². The minimum absolute atomic E-state index is 0.262. The molecule has 0 aliphatic carbocycles. The number of rotatable bonds is 3. The maximum absolute atomic E-state index is 13.9. The first-order valence-electron chi connectivity index (χ1n) is 5.02. The van der Waals surface area contributed by atoms with Crippen molar-refractivity contribution in [2.45, 2.75) is 19.4 Å². The van der Waals surface area contributed by atoms with Gasteiger partial charge in [-0.3, -0.25) is 4.79 Å². The van der Waals surface area contributed by atoms with Crippen molar-refractivity contribution >= 4 is 12.0 Å². The highest BCUT2D eigenvalue weighted by Crippen LogP contribution is 2.31. The van der Waals surface area contributed by atoms with E-state index in [0.717, 1.165) is 0 Å². The molecule has 0 aromatic heterocycles. The van der Waals surface area contributed by atoms with Gasteiger partial charge < -0.3 is 10.6 Å². The number of benzene rings is 1. The van der Waals surface area contributed by atoms with E-state index >= 15 is 0 Å². The van der Waals surface area contributed by atoms with Crippen molar-refractivity contribution in [3.8, 4) is 0 Å². The lowest BCUT2D eigenvalue weighted by Gasteiger charge is -2.34. The van der Waals surface area contributed by atoms with Gasteiger partial charge in [0, 0.05) is 22.4 Å². The van der Waals surface area contributed by atoms with Crippen molar-refractivity contribution in [2.75, 3.05) is 19.8 Å². The highest BCUT2D eigenvalue weighted by molar-refractivity contribution is 5.80. The lowest BCUT2D eigenvalue weighted by molar-refractivity contribution is 0.111. The molecule has 0 bridgehead atoms. The van der Waals surface area contributed by atoms with Crippen LogP contribution in [-0.2, 0) is 5.54 Å². The van der Waals surface area contributed by atoms with Gasteiger partial charge in [0.2, 0.25) is 0 Å². The Hall–Kier alpha value is -1.42. The van der Waals surface area contributed by atoms with Gasteiger partial charge in [-0.25, -0.2) is 4.39 Å². The van der Waals surface area contributed by atoms with Gasteiger partial charge in [-0.2, -0.15) is 0 Å². The topological polar surface area (TPSA) is 46.3 Å². The van der Waals surface area contributed by atoms with Crippen LogP contribution in [0.5, 0.6) is 0 Å². The summed E-state index contributed by atoms with van der Waals surface area (Å²) in [6, 6.07) is 2.74. The summed E-state index contributed by atoms with van der Waals surface area (Å²) >= 11 is 0. The van der Waals surface area contributed by atoms with Gasteiger partial charge in [0.25, 0.3) is 0 Å². The molecule has 0 fully saturated rings. The van der Waals surface area contributed by atoms with E-state index in [1.807, 2.05) is 32.8 Å². The van der Waals surface area contributed by atoms with Crippen LogP contribution in [0.25, 0.3) is 0 Å². The predicted octanol–water partition coefficient (Wildman–Crippen LogP) is 2.02. The minimum atomic E-state index is -0.561. The van der Waals surface area contributed by atoms with Gasteiger partial charge in [-0.05, 0) is 40.1 Å². The van der Waals surface area contributed by atoms with Crippen LogP contribution in [0.1, 0.15) is 29.8 Å². The van der Waals surface area contributed by atoms with E-state index in [0.29, 0.717) is 17.4 Å². The molecular weight excluding hydrogens is 207 g/mol. The van der Waals surface area contributed by atoms with Crippen molar-refractivity contribution < 1.29 is 9.18 Å². The third-order valence-corrected chi connectivity index (χ3v) is 3.00. The summed E-state index contributed by atoms with van der Waals surface area (Å²) in [5, 5.41) is 0. The maximum Gasteiger partial charge on any atom is 0.150 e. The van der Waals surface area contributed by atoms with E-state index in [2.05, 4.69) is 0 Å². The van der Waals surface area contributed by atoms with Crippen LogP contribution in [-0.4, -0.2) is 25.3 Å². The van der Waals surface area contributed by atoms with Gasteiger partial charge in [0.1, 0.15) is 5.82 Å². The largest absolute Gasteiger partial charge is 0.399 e. The number of nitrogens with zero attached hydrogens (tertiary/aromatic N) is 1. The maximum atomic E-state index is 13.9. The van der Waals surface area contributed by atoms with E-state index in [1.165, 1.54) is 12.1 Å².